The molecular weight excluding hydrogens is 694 g/mol. The Labute approximate surface area is 244 Å². The number of nitrogens with one attached hydrogen (secondary N) is 2. The van der Waals surface area contributed by atoms with Gasteiger partial charge in [-0.3, -0.25) is 19.0 Å². The van der Waals surface area contributed by atoms with E-state index in [1.54, 1.807) is 0 Å². The molecule has 4 rings (SSSR count). The second kappa shape index (κ2) is 12.8. The first-order chi connectivity index (χ1) is 20.1. The van der Waals surface area contributed by atoms with Crippen molar-refractivity contribution in [3.8, 4) is 0 Å². The number of amidine groups is 1. The van der Waals surface area contributed by atoms with E-state index >= 15 is 0 Å². The molecule has 0 aromatic carbocycles. The molecule has 0 spiro atoms. The molecule has 0 radical (unpaired) electrons. The van der Waals surface area contributed by atoms with Crippen LogP contribution in [0.4, 0.5) is 5.82 Å². The van der Waals surface area contributed by atoms with Gasteiger partial charge in [0.05, 0.1) is 26.2 Å². The number of aliphatic hydroxyl groups is 4. The summed E-state index contributed by atoms with van der Waals surface area (Å²) in [4.78, 5) is 58.9. The molecule has 3 aliphatic heterocycles. The van der Waals surface area contributed by atoms with E-state index in [4.69, 9.17) is 34.5 Å². The van der Waals surface area contributed by atoms with Crippen molar-refractivity contribution in [2.75, 3.05) is 25.2 Å². The van der Waals surface area contributed by atoms with Crippen LogP contribution in [0.5, 0.6) is 0 Å². The number of phosphoric acid groups is 4. The van der Waals surface area contributed by atoms with E-state index < -0.39 is 93.6 Å². The van der Waals surface area contributed by atoms with Crippen LogP contribution in [0.25, 0.3) is 0 Å². The summed E-state index contributed by atoms with van der Waals surface area (Å²) in [5.74, 6) is -0.354. The number of imidazole rings is 1. The van der Waals surface area contributed by atoms with Gasteiger partial charge in [-0.15, -0.1) is 0 Å². The van der Waals surface area contributed by atoms with Crippen molar-refractivity contribution in [1.82, 2.24) is 14.5 Å². The molecule has 4 heterocycles. The minimum absolute atomic E-state index is 0.0328. The first-order valence-electron chi connectivity index (χ1n) is 11.8. The van der Waals surface area contributed by atoms with Gasteiger partial charge in [-0.25, -0.2) is 23.2 Å². The van der Waals surface area contributed by atoms with Crippen LogP contribution in [0.15, 0.2) is 6.33 Å². The molecule has 12 N–H and O–H groups in total. The van der Waals surface area contributed by atoms with Gasteiger partial charge in [0.15, 0.2) is 18.3 Å². The van der Waals surface area contributed by atoms with Crippen LogP contribution in [-0.2, 0) is 45.4 Å². The normalized spacial score (nSPS) is 34.0. The molecule has 2 unspecified atom stereocenters. The van der Waals surface area contributed by atoms with Crippen LogP contribution in [0.2, 0.25) is 0 Å². The summed E-state index contributed by atoms with van der Waals surface area (Å²) in [5.41, 5.74) is -0.113. The lowest BCUT2D eigenvalue weighted by Crippen LogP contribution is -2.51. The Morgan fingerprint density at radius 2 is 1.36 bits per heavy atom. The fourth-order valence-corrected chi connectivity index (χ4v) is 7.73. The lowest BCUT2D eigenvalue weighted by atomic mass is 10.1. The van der Waals surface area contributed by atoms with Gasteiger partial charge in [-0.1, -0.05) is 0 Å². The average molecular weight is 721 g/mol. The van der Waals surface area contributed by atoms with Crippen LogP contribution in [-0.4, -0.2) is 133 Å². The summed E-state index contributed by atoms with van der Waals surface area (Å²) < 4.78 is 73.2. The quantitative estimate of drug-likeness (QED) is 0.0928. The molecular formula is C15H27N5O20P4. The maximum Gasteiger partial charge on any atom is 0.490 e. The Hall–Kier alpha value is -1.24. The number of rotatable bonds is 12. The van der Waals surface area contributed by atoms with Gasteiger partial charge in [-0.2, -0.15) is 8.62 Å². The molecule has 0 bridgehead atoms. The maximum atomic E-state index is 12.0. The Morgan fingerprint density at radius 3 is 1.93 bits per heavy atom. The van der Waals surface area contributed by atoms with Crippen molar-refractivity contribution >= 4 is 42.9 Å². The smallest absolute Gasteiger partial charge is 0.387 e. The molecule has 44 heavy (non-hydrogen) atoms. The number of aromatic nitrogens is 2. The highest BCUT2D eigenvalue weighted by atomic mass is 31.3. The lowest BCUT2D eigenvalue weighted by Gasteiger charge is -2.36. The van der Waals surface area contributed by atoms with Crippen LogP contribution in [0, 0.1) is 5.41 Å². The SMILES string of the molecule is N=C1c2ncn([C@@H]3O[C@H](COP(=O)(O)OP(=O)(O)OP(=O)(O)O)[C@@H](O)[C@H]3O)c2NCN1[C@@H]1O[C@H](COP(=O)(O)O)[C@@H](O)[C@H]1O. The summed E-state index contributed by atoms with van der Waals surface area (Å²) >= 11 is 0. The lowest BCUT2D eigenvalue weighted by molar-refractivity contribution is -0.0698. The van der Waals surface area contributed by atoms with E-state index in [0.717, 1.165) is 15.8 Å². The van der Waals surface area contributed by atoms with Crippen molar-refractivity contribution in [3.05, 3.63) is 12.0 Å². The van der Waals surface area contributed by atoms with E-state index in [0.29, 0.717) is 0 Å². The van der Waals surface area contributed by atoms with Gasteiger partial charge in [0.25, 0.3) is 0 Å². The van der Waals surface area contributed by atoms with Gasteiger partial charge in [0.1, 0.15) is 48.1 Å². The maximum absolute atomic E-state index is 12.0. The third kappa shape index (κ3) is 8.18. The van der Waals surface area contributed by atoms with E-state index in [1.807, 2.05) is 0 Å². The summed E-state index contributed by atoms with van der Waals surface area (Å²) in [7, 11) is -21.9. The van der Waals surface area contributed by atoms with Crippen LogP contribution in [0.1, 0.15) is 11.9 Å². The van der Waals surface area contributed by atoms with Gasteiger partial charge in [0.2, 0.25) is 0 Å². The molecule has 1 aromatic heterocycles. The Kier molecular flexibility index (Phi) is 10.3. The third-order valence-electron chi connectivity index (χ3n) is 6.20. The molecule has 29 heteroatoms. The molecule has 1 aromatic rings. The number of hydrogen-bond acceptors (Lipinski definition) is 17. The fraction of sp³-hybridized carbons (Fsp3) is 0.733. The summed E-state index contributed by atoms with van der Waals surface area (Å²) in [6.07, 6.45) is -11.7. The second-order valence-electron chi connectivity index (χ2n) is 9.27. The number of anilines is 1. The number of ether oxygens (including phenoxy) is 2. The average Bonchev–Trinajstić information content (AvgIpc) is 3.50. The fourth-order valence-electron chi connectivity index (χ4n) is 4.36. The van der Waals surface area contributed by atoms with Crippen molar-refractivity contribution in [2.45, 2.75) is 49.1 Å². The minimum atomic E-state index is -5.80. The summed E-state index contributed by atoms with van der Waals surface area (Å²) in [6.45, 7) is -2.15. The zero-order chi connectivity index (χ0) is 33.0. The number of aliphatic hydroxyl groups excluding tert-OH is 4. The molecule has 0 saturated carbocycles. The van der Waals surface area contributed by atoms with Crippen molar-refractivity contribution < 1.29 is 95.2 Å². The zero-order valence-electron chi connectivity index (χ0n) is 21.5. The molecule has 0 aliphatic carbocycles. The van der Waals surface area contributed by atoms with E-state index in [2.05, 4.69) is 28.0 Å². The number of nitrogens with zero attached hydrogens (tertiary/aromatic N) is 3. The first-order valence-corrected chi connectivity index (χ1v) is 17.8. The predicted molar refractivity (Wildman–Crippen MR) is 134 cm³/mol. The van der Waals surface area contributed by atoms with Crippen molar-refractivity contribution in [2.24, 2.45) is 0 Å². The molecule has 2 saturated heterocycles. The third-order valence-corrected chi connectivity index (χ3v) is 10.5. The second-order valence-corrected chi connectivity index (χ2v) is 14.9. The van der Waals surface area contributed by atoms with Crippen LogP contribution in [0.3, 0.4) is 0 Å². The highest BCUT2D eigenvalue weighted by Crippen LogP contribution is 2.66. The molecule has 2 fully saturated rings. The standard InChI is InChI=1S/C15H27N5O20P4/c16-12-7-13(18-4-19(12)14-10(23)8(21)5(37-14)1-35-41(25,26)27)20(3-17-7)15-11(24)9(22)6(38-15)2-36-43(31,32)40-44(33,34)39-42(28,29)30/h3,5-6,8-11,14-16,18,21-24H,1-2,4H2,(H,31,32)(H,33,34)(H2,25,26,27)(H2,28,29,30)/t5-,6-,8-,9-,10-,11-,14-,15-/m1/s1. The van der Waals surface area contributed by atoms with Crippen molar-refractivity contribution in [1.29, 1.82) is 5.41 Å². The number of phosphoric ester groups is 2. The van der Waals surface area contributed by atoms with Gasteiger partial charge < -0.3 is 69.5 Å². The molecule has 3 aliphatic rings. The van der Waals surface area contributed by atoms with E-state index in [1.165, 1.54) is 0 Å². The summed E-state index contributed by atoms with van der Waals surface area (Å²) in [5, 5.41) is 53.0. The monoisotopic (exact) mass is 721 g/mol. The molecule has 0 amide bonds. The van der Waals surface area contributed by atoms with Crippen molar-refractivity contribution in [3.63, 3.8) is 0 Å². The van der Waals surface area contributed by atoms with Crippen LogP contribution >= 0.6 is 31.3 Å². The molecule has 252 valence electrons. The summed E-state index contributed by atoms with van der Waals surface area (Å²) in [6, 6.07) is 0. The Bertz CT molecular complexity index is 1430. The first kappa shape index (κ1) is 35.6. The molecule has 10 atom stereocenters. The highest BCUT2D eigenvalue weighted by Gasteiger charge is 2.50. The van der Waals surface area contributed by atoms with Crippen LogP contribution < -0.4 is 5.32 Å². The Morgan fingerprint density at radius 1 is 0.818 bits per heavy atom. The highest BCUT2D eigenvalue weighted by molar-refractivity contribution is 7.66. The minimum Gasteiger partial charge on any atom is -0.387 e. The predicted octanol–water partition coefficient (Wildman–Crippen LogP) is -3.59. The van der Waals surface area contributed by atoms with E-state index in [9.17, 15) is 48.5 Å². The van der Waals surface area contributed by atoms with Gasteiger partial charge in [0, 0.05) is 0 Å². The molecule has 25 nitrogen and oxygen atoms in total. The largest absolute Gasteiger partial charge is 0.490 e. The Balaban J connectivity index is 1.41. The number of hydrogen-bond donors (Lipinski definition) is 12. The van der Waals surface area contributed by atoms with Gasteiger partial charge >= 0.3 is 31.3 Å². The topological polar surface area (TPSA) is 383 Å². The van der Waals surface area contributed by atoms with E-state index in [-0.39, 0.29) is 24.0 Å². The zero-order valence-corrected chi connectivity index (χ0v) is 25.1. The number of fused-ring (bicyclic) bond motifs is 1. The van der Waals surface area contributed by atoms with Gasteiger partial charge in [-0.05, 0) is 0 Å².